The molecule has 0 aliphatic rings. The Balaban J connectivity index is 3.29. The van der Waals surface area contributed by atoms with Gasteiger partial charge in [0.1, 0.15) is 6.54 Å². The van der Waals surface area contributed by atoms with Gasteiger partial charge in [0.25, 0.3) is 0 Å². The summed E-state index contributed by atoms with van der Waals surface area (Å²) in [7, 11) is -4.38. The van der Waals surface area contributed by atoms with Crippen LogP contribution in [0.1, 0.15) is 11.1 Å². The Bertz CT molecular complexity index is 592. The number of rotatable bonds is 5. The summed E-state index contributed by atoms with van der Waals surface area (Å²) in [5, 5.41) is 8.80. The minimum atomic E-state index is -4.70. The number of alkyl halides is 3. The summed E-state index contributed by atoms with van der Waals surface area (Å²) in [5.41, 5.74) is 7.07. The van der Waals surface area contributed by atoms with Gasteiger partial charge in [0, 0.05) is 12.2 Å². The van der Waals surface area contributed by atoms with E-state index in [9.17, 15) is 21.6 Å². The second kappa shape index (κ2) is 6.20. The van der Waals surface area contributed by atoms with Crippen molar-refractivity contribution in [3.8, 4) is 0 Å². The van der Waals surface area contributed by atoms with Crippen molar-refractivity contribution in [1.82, 2.24) is 4.31 Å². The molecule has 0 aliphatic heterocycles. The molecule has 0 bridgehead atoms. The fourth-order valence-electron chi connectivity index (χ4n) is 1.75. The summed E-state index contributed by atoms with van der Waals surface area (Å²) in [6.07, 6.45) is -4.70. The average Bonchev–Trinajstić information content (AvgIpc) is 2.33. The first-order chi connectivity index (χ1) is 9.49. The van der Waals surface area contributed by atoms with Crippen LogP contribution in [0.4, 0.5) is 18.9 Å². The zero-order valence-corrected chi connectivity index (χ0v) is 12.4. The van der Waals surface area contributed by atoms with Crippen LogP contribution in [0.25, 0.3) is 0 Å². The van der Waals surface area contributed by atoms with E-state index < -0.39 is 35.9 Å². The highest BCUT2D eigenvalue weighted by Crippen LogP contribution is 2.26. The Morgan fingerprint density at radius 1 is 1.29 bits per heavy atom. The number of hydrogen-bond acceptors (Lipinski definition) is 4. The summed E-state index contributed by atoms with van der Waals surface area (Å²) < 4.78 is 62.2. The molecule has 0 spiro atoms. The number of aliphatic hydroxyl groups excluding tert-OH is 1. The molecule has 5 nitrogen and oxygen atoms in total. The van der Waals surface area contributed by atoms with E-state index in [-0.39, 0.29) is 14.9 Å². The SMILES string of the molecule is Cc1cc(S(=O)(=O)N(CCO)CC(F)(F)F)cc(N)c1C. The molecular formula is C12H17F3N2O3S. The van der Waals surface area contributed by atoms with Gasteiger partial charge in [-0.25, -0.2) is 8.42 Å². The summed E-state index contributed by atoms with van der Waals surface area (Å²) in [6, 6.07) is 2.39. The van der Waals surface area contributed by atoms with E-state index in [2.05, 4.69) is 0 Å². The predicted molar refractivity (Wildman–Crippen MR) is 72.2 cm³/mol. The van der Waals surface area contributed by atoms with E-state index in [4.69, 9.17) is 10.8 Å². The highest BCUT2D eigenvalue weighted by atomic mass is 32.2. The molecule has 0 saturated heterocycles. The van der Waals surface area contributed by atoms with E-state index >= 15 is 0 Å². The molecule has 0 radical (unpaired) electrons. The lowest BCUT2D eigenvalue weighted by Crippen LogP contribution is -2.40. The molecule has 1 aromatic carbocycles. The van der Waals surface area contributed by atoms with Crippen molar-refractivity contribution in [3.63, 3.8) is 0 Å². The zero-order valence-electron chi connectivity index (χ0n) is 11.6. The van der Waals surface area contributed by atoms with Gasteiger partial charge in [0.2, 0.25) is 10.0 Å². The number of hydrogen-bond donors (Lipinski definition) is 2. The normalized spacial score (nSPS) is 12.9. The number of nitrogens with zero attached hydrogens (tertiary/aromatic N) is 1. The number of halogens is 3. The molecule has 3 N–H and O–H groups in total. The maximum Gasteiger partial charge on any atom is 0.402 e. The van der Waals surface area contributed by atoms with Crippen molar-refractivity contribution in [2.24, 2.45) is 0 Å². The molecule has 0 unspecified atom stereocenters. The Morgan fingerprint density at radius 2 is 1.86 bits per heavy atom. The maximum absolute atomic E-state index is 12.5. The third-order valence-corrected chi connectivity index (χ3v) is 4.85. The molecule has 120 valence electrons. The number of anilines is 1. The van der Waals surface area contributed by atoms with E-state index in [1.807, 2.05) is 0 Å². The van der Waals surface area contributed by atoms with Gasteiger partial charge >= 0.3 is 6.18 Å². The summed E-state index contributed by atoms with van der Waals surface area (Å²) in [6.45, 7) is 0.278. The molecular weight excluding hydrogens is 309 g/mol. The van der Waals surface area contributed by atoms with Crippen LogP contribution in [0.15, 0.2) is 17.0 Å². The number of benzene rings is 1. The van der Waals surface area contributed by atoms with Crippen molar-refractivity contribution < 1.29 is 26.7 Å². The quantitative estimate of drug-likeness (QED) is 0.802. The number of nitrogens with two attached hydrogens (primary N) is 1. The van der Waals surface area contributed by atoms with Crippen LogP contribution in [-0.4, -0.2) is 43.7 Å². The molecule has 0 amide bonds. The van der Waals surface area contributed by atoms with Crippen molar-refractivity contribution in [3.05, 3.63) is 23.3 Å². The first-order valence-corrected chi connectivity index (χ1v) is 7.47. The van der Waals surface area contributed by atoms with E-state index in [1.165, 1.54) is 6.07 Å². The topological polar surface area (TPSA) is 83.6 Å². The number of sulfonamides is 1. The minimum absolute atomic E-state index is 0.185. The van der Waals surface area contributed by atoms with Gasteiger partial charge in [-0.15, -0.1) is 0 Å². The smallest absolute Gasteiger partial charge is 0.398 e. The van der Waals surface area contributed by atoms with Crippen LogP contribution in [-0.2, 0) is 10.0 Å². The maximum atomic E-state index is 12.5. The first-order valence-electron chi connectivity index (χ1n) is 6.03. The van der Waals surface area contributed by atoms with Gasteiger partial charge < -0.3 is 10.8 Å². The van der Waals surface area contributed by atoms with Crippen molar-refractivity contribution in [1.29, 1.82) is 0 Å². The molecule has 1 rings (SSSR count). The monoisotopic (exact) mass is 326 g/mol. The lowest BCUT2D eigenvalue weighted by Gasteiger charge is -2.23. The van der Waals surface area contributed by atoms with Crippen LogP contribution in [0.2, 0.25) is 0 Å². The third-order valence-electron chi connectivity index (χ3n) is 3.02. The Morgan fingerprint density at radius 3 is 2.29 bits per heavy atom. The largest absolute Gasteiger partial charge is 0.402 e. The first kappa shape index (κ1) is 17.7. The second-order valence-electron chi connectivity index (χ2n) is 4.63. The van der Waals surface area contributed by atoms with Gasteiger partial charge in [-0.05, 0) is 37.1 Å². The molecule has 0 aromatic heterocycles. The zero-order chi connectivity index (χ0) is 16.4. The molecule has 0 fully saturated rings. The molecule has 0 atom stereocenters. The van der Waals surface area contributed by atoms with Gasteiger partial charge in [0.15, 0.2) is 0 Å². The Kier molecular flexibility index (Phi) is 5.24. The van der Waals surface area contributed by atoms with Gasteiger partial charge in [-0.1, -0.05) is 0 Å². The molecule has 21 heavy (non-hydrogen) atoms. The molecule has 1 aromatic rings. The van der Waals surface area contributed by atoms with E-state index in [1.54, 1.807) is 13.8 Å². The standard InChI is InChI=1S/C12H17F3N2O3S/c1-8-5-10(6-11(16)9(8)2)21(19,20)17(3-4-18)7-12(13,14)15/h5-6,18H,3-4,7,16H2,1-2H3. The van der Waals surface area contributed by atoms with E-state index in [0.717, 1.165) is 6.07 Å². The minimum Gasteiger partial charge on any atom is -0.398 e. The van der Waals surface area contributed by atoms with E-state index in [0.29, 0.717) is 11.1 Å². The lowest BCUT2D eigenvalue weighted by molar-refractivity contribution is -0.136. The summed E-state index contributed by atoms with van der Waals surface area (Å²) >= 11 is 0. The summed E-state index contributed by atoms with van der Waals surface area (Å²) in [4.78, 5) is -0.319. The fourth-order valence-corrected chi connectivity index (χ4v) is 3.28. The number of nitrogen functional groups attached to an aromatic ring is 1. The van der Waals surface area contributed by atoms with Crippen molar-refractivity contribution in [2.45, 2.75) is 24.9 Å². The van der Waals surface area contributed by atoms with Gasteiger partial charge in [-0.2, -0.15) is 17.5 Å². The second-order valence-corrected chi connectivity index (χ2v) is 6.57. The van der Waals surface area contributed by atoms with Crippen LogP contribution in [0, 0.1) is 13.8 Å². The van der Waals surface area contributed by atoms with Crippen LogP contribution in [0.3, 0.4) is 0 Å². The fraction of sp³-hybridized carbons (Fsp3) is 0.500. The Labute approximate surface area is 121 Å². The third kappa shape index (κ3) is 4.32. The van der Waals surface area contributed by atoms with Crippen molar-refractivity contribution in [2.75, 3.05) is 25.4 Å². The molecule has 9 heteroatoms. The van der Waals surface area contributed by atoms with Gasteiger partial charge in [-0.3, -0.25) is 0 Å². The van der Waals surface area contributed by atoms with Crippen molar-refractivity contribution >= 4 is 15.7 Å². The summed E-state index contributed by atoms with van der Waals surface area (Å²) in [5.74, 6) is 0. The van der Waals surface area contributed by atoms with Crippen LogP contribution < -0.4 is 5.73 Å². The van der Waals surface area contributed by atoms with Crippen LogP contribution >= 0.6 is 0 Å². The highest BCUT2D eigenvalue weighted by Gasteiger charge is 2.37. The highest BCUT2D eigenvalue weighted by molar-refractivity contribution is 7.89. The average molecular weight is 326 g/mol. The predicted octanol–water partition coefficient (Wildman–Crippen LogP) is 1.43. The Hall–Kier alpha value is -1.32. The van der Waals surface area contributed by atoms with Crippen LogP contribution in [0.5, 0.6) is 0 Å². The number of aryl methyl sites for hydroxylation is 1. The number of aliphatic hydroxyl groups is 1. The molecule has 0 aliphatic carbocycles. The van der Waals surface area contributed by atoms with Gasteiger partial charge in [0.05, 0.1) is 11.5 Å². The molecule has 0 heterocycles. The molecule has 0 saturated carbocycles. The lowest BCUT2D eigenvalue weighted by atomic mass is 10.1.